The summed E-state index contributed by atoms with van der Waals surface area (Å²) in [6, 6.07) is 0.242. The van der Waals surface area contributed by atoms with Crippen molar-refractivity contribution in [3.63, 3.8) is 0 Å². The maximum absolute atomic E-state index is 12.0. The third-order valence-electron chi connectivity index (χ3n) is 4.98. The van der Waals surface area contributed by atoms with Crippen LogP contribution in [0.25, 0.3) is 20.9 Å². The maximum atomic E-state index is 12.0. The van der Waals surface area contributed by atoms with Gasteiger partial charge < -0.3 is 0 Å². The van der Waals surface area contributed by atoms with E-state index < -0.39 is 0 Å². The van der Waals surface area contributed by atoms with E-state index in [0.717, 1.165) is 51.4 Å². The fourth-order valence-corrected chi connectivity index (χ4v) is 3.48. The molecule has 0 aliphatic heterocycles. The first-order chi connectivity index (χ1) is 11.7. The molecule has 2 fully saturated rings. The van der Waals surface area contributed by atoms with Crippen LogP contribution in [0.4, 0.5) is 0 Å². The summed E-state index contributed by atoms with van der Waals surface area (Å²) in [5.74, 6) is 0.850. The number of carbonyl (C=O) groups is 1. The predicted molar refractivity (Wildman–Crippen MR) is 93.1 cm³/mol. The summed E-state index contributed by atoms with van der Waals surface area (Å²) in [6.07, 6.45) is 14.8. The van der Waals surface area contributed by atoms with Crippen LogP contribution in [-0.2, 0) is 4.79 Å². The van der Waals surface area contributed by atoms with Crippen LogP contribution in [0.3, 0.4) is 0 Å². The molecule has 2 aliphatic rings. The number of nitrogens with zero attached hydrogens (tertiary/aromatic N) is 6. The van der Waals surface area contributed by atoms with E-state index in [9.17, 15) is 4.79 Å². The Morgan fingerprint density at radius 3 is 1.46 bits per heavy atom. The van der Waals surface area contributed by atoms with Crippen molar-refractivity contribution in [3.8, 4) is 0 Å². The summed E-state index contributed by atoms with van der Waals surface area (Å²) in [4.78, 5) is 17.7. The lowest BCUT2D eigenvalue weighted by Crippen LogP contribution is -2.15. The average molecular weight is 328 g/mol. The van der Waals surface area contributed by atoms with E-state index in [-0.39, 0.29) is 17.9 Å². The van der Waals surface area contributed by atoms with E-state index in [1.54, 1.807) is 12.2 Å². The van der Waals surface area contributed by atoms with E-state index >= 15 is 0 Å². The molecule has 0 aromatic rings. The molecular weight excluding hydrogens is 304 g/mol. The first-order valence-corrected chi connectivity index (χ1v) is 8.70. The highest BCUT2D eigenvalue weighted by molar-refractivity contribution is 5.99. The third kappa shape index (κ3) is 6.11. The van der Waals surface area contributed by atoms with Gasteiger partial charge in [-0.05, 0) is 86.4 Å². The molecule has 0 saturated heterocycles. The summed E-state index contributed by atoms with van der Waals surface area (Å²) < 4.78 is 0. The smallest absolute Gasteiger partial charge is 0.178 e. The van der Waals surface area contributed by atoms with Crippen LogP contribution in [0.1, 0.15) is 51.4 Å². The van der Waals surface area contributed by atoms with Crippen molar-refractivity contribution in [2.24, 2.45) is 22.1 Å². The van der Waals surface area contributed by atoms with Crippen LogP contribution < -0.4 is 0 Å². The quantitative estimate of drug-likeness (QED) is 0.276. The topological polar surface area (TPSA) is 115 Å². The Hall–Kier alpha value is -2.23. The third-order valence-corrected chi connectivity index (χ3v) is 4.98. The van der Waals surface area contributed by atoms with Gasteiger partial charge in [0.05, 0.1) is 0 Å². The van der Waals surface area contributed by atoms with Crippen LogP contribution >= 0.6 is 0 Å². The fourth-order valence-electron chi connectivity index (χ4n) is 3.48. The van der Waals surface area contributed by atoms with Crippen LogP contribution in [-0.4, -0.2) is 17.9 Å². The van der Waals surface area contributed by atoms with E-state index in [4.69, 9.17) is 11.1 Å². The summed E-state index contributed by atoms with van der Waals surface area (Å²) in [7, 11) is 0. The zero-order valence-corrected chi connectivity index (χ0v) is 13.9. The van der Waals surface area contributed by atoms with Gasteiger partial charge in [0.15, 0.2) is 5.78 Å². The minimum Gasteiger partial charge on any atom is -0.290 e. The fraction of sp³-hybridized carbons (Fsp3) is 0.706. The monoisotopic (exact) mass is 328 g/mol. The van der Waals surface area contributed by atoms with E-state index in [2.05, 4.69) is 20.1 Å². The molecule has 0 heterocycles. The molecule has 0 radical (unpaired) electrons. The lowest BCUT2D eigenvalue weighted by atomic mass is 9.85. The highest BCUT2D eigenvalue weighted by Crippen LogP contribution is 2.28. The molecule has 0 aromatic heterocycles. The normalized spacial score (nSPS) is 30.7. The minimum atomic E-state index is 0.0318. The molecule has 2 rings (SSSR count). The Morgan fingerprint density at radius 1 is 0.750 bits per heavy atom. The van der Waals surface area contributed by atoms with Crippen LogP contribution in [0, 0.1) is 11.8 Å². The Kier molecular flexibility index (Phi) is 7.40. The Bertz CT molecular complexity index is 520. The Morgan fingerprint density at radius 2 is 1.12 bits per heavy atom. The first-order valence-electron chi connectivity index (χ1n) is 8.70. The highest BCUT2D eigenvalue weighted by atomic mass is 16.1. The Balaban J connectivity index is 1.71. The minimum absolute atomic E-state index is 0.0318. The van der Waals surface area contributed by atoms with Crippen molar-refractivity contribution < 1.29 is 4.79 Å². The lowest BCUT2D eigenvalue weighted by Gasteiger charge is -2.23. The number of hydrogen-bond donors (Lipinski definition) is 0. The molecule has 0 aromatic carbocycles. The summed E-state index contributed by atoms with van der Waals surface area (Å²) in [6.45, 7) is 0. The summed E-state index contributed by atoms with van der Waals surface area (Å²) in [5.41, 5.74) is 16.9. The van der Waals surface area contributed by atoms with Crippen molar-refractivity contribution in [2.75, 3.05) is 0 Å². The van der Waals surface area contributed by atoms with Gasteiger partial charge in [-0.15, -0.1) is 0 Å². The zero-order chi connectivity index (χ0) is 17.2. The summed E-state index contributed by atoms with van der Waals surface area (Å²) >= 11 is 0. The molecular formula is C17H24N6O. The van der Waals surface area contributed by atoms with Crippen molar-refractivity contribution in [1.29, 1.82) is 0 Å². The SMILES string of the molecule is [N-]=[N+]=NC1CCC(C=CC(=O)C=CC2CCC(N=[N+]=[N-])CC2)CC1. The second-order valence-electron chi connectivity index (χ2n) is 6.67. The zero-order valence-electron chi connectivity index (χ0n) is 13.9. The van der Waals surface area contributed by atoms with Gasteiger partial charge in [-0.25, -0.2) is 0 Å². The lowest BCUT2D eigenvalue weighted by molar-refractivity contribution is -0.110. The molecule has 2 aliphatic carbocycles. The van der Waals surface area contributed by atoms with Crippen molar-refractivity contribution >= 4 is 5.78 Å². The van der Waals surface area contributed by atoms with Gasteiger partial charge in [0.1, 0.15) is 0 Å². The molecule has 0 atom stereocenters. The van der Waals surface area contributed by atoms with Gasteiger partial charge in [0, 0.05) is 21.9 Å². The van der Waals surface area contributed by atoms with Gasteiger partial charge in [0.25, 0.3) is 0 Å². The predicted octanol–water partition coefficient (Wildman–Crippen LogP) is 5.41. The van der Waals surface area contributed by atoms with Crippen molar-refractivity contribution in [3.05, 3.63) is 45.2 Å². The summed E-state index contributed by atoms with van der Waals surface area (Å²) in [5, 5.41) is 7.53. The molecule has 0 N–H and O–H groups in total. The molecule has 24 heavy (non-hydrogen) atoms. The molecule has 7 nitrogen and oxygen atoms in total. The molecule has 0 spiro atoms. The maximum Gasteiger partial charge on any atom is 0.178 e. The van der Waals surface area contributed by atoms with Gasteiger partial charge >= 0.3 is 0 Å². The van der Waals surface area contributed by atoms with Gasteiger partial charge in [-0.2, -0.15) is 0 Å². The van der Waals surface area contributed by atoms with Crippen LogP contribution in [0.2, 0.25) is 0 Å². The van der Waals surface area contributed by atoms with E-state index in [1.165, 1.54) is 0 Å². The highest BCUT2D eigenvalue weighted by Gasteiger charge is 2.19. The van der Waals surface area contributed by atoms with E-state index in [0.29, 0.717) is 11.8 Å². The standard InChI is InChI=1S/C17H24N6O/c18-22-20-15-7-1-13(2-8-15)5-11-17(24)12-6-14-3-9-16(10-4-14)21-23-19/h5-6,11-16H,1-4,7-10H2. The molecule has 128 valence electrons. The van der Waals surface area contributed by atoms with Crippen molar-refractivity contribution in [2.45, 2.75) is 63.5 Å². The average Bonchev–Trinajstić information content (AvgIpc) is 2.61. The Labute approximate surface area is 142 Å². The number of allylic oxidation sites excluding steroid dienone is 4. The number of hydrogen-bond acceptors (Lipinski definition) is 3. The van der Waals surface area contributed by atoms with Crippen LogP contribution in [0.5, 0.6) is 0 Å². The second-order valence-corrected chi connectivity index (χ2v) is 6.67. The molecule has 7 heteroatoms. The first kappa shape index (κ1) is 18.1. The van der Waals surface area contributed by atoms with Gasteiger partial charge in [-0.1, -0.05) is 22.4 Å². The molecule has 2 saturated carbocycles. The molecule has 0 bridgehead atoms. The molecule has 0 unspecified atom stereocenters. The number of ketones is 1. The van der Waals surface area contributed by atoms with E-state index in [1.807, 2.05) is 12.2 Å². The number of azide groups is 2. The van der Waals surface area contributed by atoms with Gasteiger partial charge in [-0.3, -0.25) is 4.79 Å². The number of rotatable bonds is 6. The van der Waals surface area contributed by atoms with Crippen molar-refractivity contribution in [1.82, 2.24) is 0 Å². The largest absolute Gasteiger partial charge is 0.290 e. The van der Waals surface area contributed by atoms with Gasteiger partial charge in [0.2, 0.25) is 0 Å². The van der Waals surface area contributed by atoms with Crippen LogP contribution in [0.15, 0.2) is 34.5 Å². The molecule has 0 amide bonds. The second kappa shape index (κ2) is 9.81. The number of carbonyl (C=O) groups excluding carboxylic acids is 1.